The van der Waals surface area contributed by atoms with Crippen LogP contribution in [0.4, 0.5) is 0 Å². The van der Waals surface area contributed by atoms with Gasteiger partial charge in [-0.15, -0.1) is 0 Å². The summed E-state index contributed by atoms with van der Waals surface area (Å²) in [6.45, 7) is 8.10. The summed E-state index contributed by atoms with van der Waals surface area (Å²) < 4.78 is 0. The summed E-state index contributed by atoms with van der Waals surface area (Å²) in [4.78, 5) is 2.45. The molecule has 0 bridgehead atoms. The van der Waals surface area contributed by atoms with Gasteiger partial charge in [0.2, 0.25) is 0 Å². The molecule has 0 aliphatic heterocycles. The summed E-state index contributed by atoms with van der Waals surface area (Å²) >= 11 is 0. The first-order chi connectivity index (χ1) is 7.68. The number of hydrogen-bond donors (Lipinski definition) is 0. The number of rotatable bonds is 11. The first kappa shape index (κ1) is 16.0. The third-order valence-electron chi connectivity index (χ3n) is 3.50. The Labute approximate surface area is 104 Å². The van der Waals surface area contributed by atoms with Gasteiger partial charge < -0.3 is 4.90 Å². The minimum Gasteiger partial charge on any atom is -0.304 e. The molecule has 0 saturated heterocycles. The zero-order valence-corrected chi connectivity index (χ0v) is 12.1. The van der Waals surface area contributed by atoms with Crippen molar-refractivity contribution < 1.29 is 0 Å². The number of nitrogens with zero attached hydrogens (tertiary/aromatic N) is 1. The third kappa shape index (κ3) is 10.5. The van der Waals surface area contributed by atoms with E-state index in [9.17, 15) is 0 Å². The Morgan fingerprint density at radius 2 is 1.19 bits per heavy atom. The molecule has 0 aliphatic carbocycles. The smallest absolute Gasteiger partial charge is 0.00355 e. The lowest BCUT2D eigenvalue weighted by Crippen LogP contribution is -2.27. The molecule has 1 nitrogen and oxygen atoms in total. The second kappa shape index (κ2) is 11.4. The zero-order chi connectivity index (χ0) is 12.2. The number of hydrogen-bond acceptors (Lipinski definition) is 1. The molecule has 0 aromatic carbocycles. The van der Waals surface area contributed by atoms with Crippen LogP contribution in [-0.2, 0) is 0 Å². The van der Waals surface area contributed by atoms with E-state index in [0.29, 0.717) is 6.04 Å². The maximum Gasteiger partial charge on any atom is 0.00355 e. The predicted octanol–water partition coefficient (Wildman–Crippen LogP) is 4.86. The SMILES string of the molecule is CCCCCCCCCCCN(C)C(C)C. The van der Waals surface area contributed by atoms with E-state index in [0.717, 1.165) is 0 Å². The Balaban J connectivity index is 3.04. The van der Waals surface area contributed by atoms with Gasteiger partial charge in [-0.05, 0) is 33.9 Å². The van der Waals surface area contributed by atoms with Crippen LogP contribution in [0.1, 0.15) is 78.6 Å². The van der Waals surface area contributed by atoms with Crippen molar-refractivity contribution in [2.24, 2.45) is 0 Å². The normalized spacial score (nSPS) is 11.6. The van der Waals surface area contributed by atoms with Crippen molar-refractivity contribution in [2.45, 2.75) is 84.6 Å². The van der Waals surface area contributed by atoms with E-state index >= 15 is 0 Å². The summed E-state index contributed by atoms with van der Waals surface area (Å²) in [5, 5.41) is 0. The molecule has 0 spiro atoms. The van der Waals surface area contributed by atoms with Crippen molar-refractivity contribution in [3.63, 3.8) is 0 Å². The Kier molecular flexibility index (Phi) is 11.4. The van der Waals surface area contributed by atoms with Crippen LogP contribution in [-0.4, -0.2) is 24.5 Å². The molecule has 0 N–H and O–H groups in total. The van der Waals surface area contributed by atoms with E-state index in [2.05, 4.69) is 32.7 Å². The molecule has 0 radical (unpaired) electrons. The van der Waals surface area contributed by atoms with E-state index in [1.165, 1.54) is 64.3 Å². The van der Waals surface area contributed by atoms with Crippen molar-refractivity contribution in [3.05, 3.63) is 0 Å². The van der Waals surface area contributed by atoms with Crippen molar-refractivity contribution in [1.29, 1.82) is 0 Å². The van der Waals surface area contributed by atoms with Gasteiger partial charge in [0.25, 0.3) is 0 Å². The van der Waals surface area contributed by atoms with Crippen molar-refractivity contribution >= 4 is 0 Å². The van der Waals surface area contributed by atoms with E-state index < -0.39 is 0 Å². The second-order valence-electron chi connectivity index (χ2n) is 5.40. The highest BCUT2D eigenvalue weighted by atomic mass is 15.1. The third-order valence-corrected chi connectivity index (χ3v) is 3.50. The van der Waals surface area contributed by atoms with Crippen LogP contribution in [0.5, 0.6) is 0 Å². The van der Waals surface area contributed by atoms with Crippen LogP contribution in [0, 0.1) is 0 Å². The molecule has 0 fully saturated rings. The van der Waals surface area contributed by atoms with E-state index in [-0.39, 0.29) is 0 Å². The van der Waals surface area contributed by atoms with Gasteiger partial charge in [-0.2, -0.15) is 0 Å². The van der Waals surface area contributed by atoms with E-state index in [4.69, 9.17) is 0 Å². The van der Waals surface area contributed by atoms with Crippen molar-refractivity contribution in [2.75, 3.05) is 13.6 Å². The Morgan fingerprint density at radius 1 is 0.750 bits per heavy atom. The van der Waals surface area contributed by atoms with Gasteiger partial charge in [0, 0.05) is 6.04 Å². The molecular formula is C15H33N. The molecule has 1 heteroatoms. The lowest BCUT2D eigenvalue weighted by atomic mass is 10.1. The lowest BCUT2D eigenvalue weighted by Gasteiger charge is -2.20. The Bertz CT molecular complexity index is 131. The molecule has 0 saturated carbocycles. The van der Waals surface area contributed by atoms with Crippen LogP contribution in [0.2, 0.25) is 0 Å². The summed E-state index contributed by atoms with van der Waals surface area (Å²) in [6.07, 6.45) is 12.9. The molecule has 0 heterocycles. The summed E-state index contributed by atoms with van der Waals surface area (Å²) in [6, 6.07) is 0.703. The highest BCUT2D eigenvalue weighted by molar-refractivity contribution is 4.56. The fourth-order valence-corrected chi connectivity index (χ4v) is 1.93. The quantitative estimate of drug-likeness (QED) is 0.456. The molecule has 0 atom stereocenters. The van der Waals surface area contributed by atoms with Gasteiger partial charge in [-0.3, -0.25) is 0 Å². The summed E-state index contributed by atoms with van der Waals surface area (Å²) in [5.41, 5.74) is 0. The topological polar surface area (TPSA) is 3.24 Å². The predicted molar refractivity (Wildman–Crippen MR) is 75.0 cm³/mol. The summed E-state index contributed by atoms with van der Waals surface area (Å²) in [5.74, 6) is 0. The fraction of sp³-hybridized carbons (Fsp3) is 1.00. The maximum absolute atomic E-state index is 2.45. The largest absolute Gasteiger partial charge is 0.304 e. The first-order valence-electron chi connectivity index (χ1n) is 7.38. The van der Waals surface area contributed by atoms with Crippen LogP contribution < -0.4 is 0 Å². The molecule has 0 aromatic heterocycles. The van der Waals surface area contributed by atoms with E-state index in [1.807, 2.05) is 0 Å². The highest BCUT2D eigenvalue weighted by Gasteiger charge is 2.01. The standard InChI is InChI=1S/C15H33N/c1-5-6-7-8-9-10-11-12-13-14-16(4)15(2)3/h15H,5-14H2,1-4H3. The van der Waals surface area contributed by atoms with Crippen molar-refractivity contribution in [3.8, 4) is 0 Å². The van der Waals surface area contributed by atoms with Gasteiger partial charge in [0.1, 0.15) is 0 Å². The van der Waals surface area contributed by atoms with Crippen LogP contribution in [0.15, 0.2) is 0 Å². The highest BCUT2D eigenvalue weighted by Crippen LogP contribution is 2.10. The van der Waals surface area contributed by atoms with Gasteiger partial charge in [0.15, 0.2) is 0 Å². The monoisotopic (exact) mass is 227 g/mol. The van der Waals surface area contributed by atoms with Gasteiger partial charge >= 0.3 is 0 Å². The number of unbranched alkanes of at least 4 members (excludes halogenated alkanes) is 8. The zero-order valence-electron chi connectivity index (χ0n) is 12.1. The van der Waals surface area contributed by atoms with Crippen LogP contribution in [0.3, 0.4) is 0 Å². The Morgan fingerprint density at radius 3 is 1.62 bits per heavy atom. The second-order valence-corrected chi connectivity index (χ2v) is 5.40. The molecule has 0 aromatic rings. The fourth-order valence-electron chi connectivity index (χ4n) is 1.93. The molecule has 0 unspecified atom stereocenters. The van der Waals surface area contributed by atoms with Crippen LogP contribution in [0.25, 0.3) is 0 Å². The average Bonchev–Trinajstić information content (AvgIpc) is 2.26. The average molecular weight is 227 g/mol. The molecule has 16 heavy (non-hydrogen) atoms. The van der Waals surface area contributed by atoms with Gasteiger partial charge in [-0.1, -0.05) is 58.3 Å². The molecule has 0 aliphatic rings. The minimum absolute atomic E-state index is 0.703. The first-order valence-corrected chi connectivity index (χ1v) is 7.38. The lowest BCUT2D eigenvalue weighted by molar-refractivity contribution is 0.267. The van der Waals surface area contributed by atoms with Crippen molar-refractivity contribution in [1.82, 2.24) is 4.90 Å². The Hall–Kier alpha value is -0.0400. The van der Waals surface area contributed by atoms with Gasteiger partial charge in [0.05, 0.1) is 0 Å². The van der Waals surface area contributed by atoms with Gasteiger partial charge in [-0.25, -0.2) is 0 Å². The molecule has 0 rings (SSSR count). The minimum atomic E-state index is 0.703. The molecular weight excluding hydrogens is 194 g/mol. The molecule has 0 amide bonds. The van der Waals surface area contributed by atoms with E-state index in [1.54, 1.807) is 0 Å². The molecule has 98 valence electrons. The van der Waals surface area contributed by atoms with Crippen LogP contribution >= 0.6 is 0 Å². The maximum atomic E-state index is 2.45. The summed E-state index contributed by atoms with van der Waals surface area (Å²) in [7, 11) is 2.23.